The molecule has 0 spiro atoms. The summed E-state index contributed by atoms with van der Waals surface area (Å²) in [5, 5.41) is 5.91. The third-order valence-corrected chi connectivity index (χ3v) is 9.40. The van der Waals surface area contributed by atoms with E-state index >= 15 is 0 Å². The number of hydrogen-bond donors (Lipinski definition) is 0. The molecule has 1 aliphatic heterocycles. The van der Waals surface area contributed by atoms with Crippen LogP contribution in [0.5, 0.6) is 0 Å². The predicted octanol–water partition coefficient (Wildman–Crippen LogP) is 7.64. The first-order valence-electron chi connectivity index (χ1n) is 17.8. The van der Waals surface area contributed by atoms with Crippen molar-refractivity contribution in [2.45, 2.75) is 71.3 Å². The predicted molar refractivity (Wildman–Crippen MR) is 199 cm³/mol. The molecular weight excluding hydrogens is 646 g/mol. The van der Waals surface area contributed by atoms with Crippen molar-refractivity contribution in [1.82, 2.24) is 9.47 Å². The van der Waals surface area contributed by atoms with Crippen LogP contribution in [-0.4, -0.2) is 77.1 Å². The lowest BCUT2D eigenvalue weighted by molar-refractivity contribution is -0.145. The normalized spacial score (nSPS) is 14.1. The highest BCUT2D eigenvalue weighted by Crippen LogP contribution is 2.33. The van der Waals surface area contributed by atoms with Gasteiger partial charge < -0.3 is 18.9 Å². The average molecular weight is 694 g/mol. The molecule has 51 heavy (non-hydrogen) atoms. The lowest BCUT2D eigenvalue weighted by atomic mass is 9.90. The molecule has 5 rings (SSSR count). The second-order valence-electron chi connectivity index (χ2n) is 13.2. The van der Waals surface area contributed by atoms with Crippen LogP contribution in [0.3, 0.4) is 0 Å². The number of ketones is 2. The number of para-hydroxylation sites is 1. The van der Waals surface area contributed by atoms with Gasteiger partial charge >= 0.3 is 11.9 Å². The van der Waals surface area contributed by atoms with Gasteiger partial charge in [-0.2, -0.15) is 0 Å². The minimum absolute atomic E-state index is 0.0164. The molecule has 10 nitrogen and oxygen atoms in total. The number of esters is 1. The van der Waals surface area contributed by atoms with Gasteiger partial charge in [-0.3, -0.25) is 14.5 Å². The van der Waals surface area contributed by atoms with Gasteiger partial charge in [0.2, 0.25) is 5.78 Å². The van der Waals surface area contributed by atoms with Crippen molar-refractivity contribution in [2.75, 3.05) is 32.9 Å². The van der Waals surface area contributed by atoms with Gasteiger partial charge in [-0.25, -0.2) is 9.59 Å². The number of carbonyl (C=O) groups excluding carboxylic acids is 4. The number of carbonyl (C=O) groups is 4. The van der Waals surface area contributed by atoms with Crippen molar-refractivity contribution in [3.8, 4) is 5.69 Å². The van der Waals surface area contributed by atoms with Crippen molar-refractivity contribution in [3.05, 3.63) is 90.5 Å². The van der Waals surface area contributed by atoms with E-state index in [2.05, 4.69) is 28.1 Å². The van der Waals surface area contributed by atoms with Gasteiger partial charge in [0.1, 0.15) is 5.71 Å². The zero-order valence-corrected chi connectivity index (χ0v) is 29.8. The van der Waals surface area contributed by atoms with Crippen LogP contribution in [-0.2, 0) is 23.9 Å². The molecule has 3 aromatic carbocycles. The van der Waals surface area contributed by atoms with Gasteiger partial charge in [-0.15, -0.1) is 0 Å². The molecule has 0 radical (unpaired) electrons. The summed E-state index contributed by atoms with van der Waals surface area (Å²) in [4.78, 5) is 58.5. The minimum Gasteiger partial charge on any atom is -0.463 e. The first-order chi connectivity index (χ1) is 24.6. The van der Waals surface area contributed by atoms with Crippen LogP contribution >= 0.6 is 0 Å². The Balaban J connectivity index is 1.40. The zero-order chi connectivity index (χ0) is 36.4. The highest BCUT2D eigenvalue weighted by atomic mass is 16.7. The Bertz CT molecular complexity index is 1920. The Hall–Kier alpha value is -4.93. The van der Waals surface area contributed by atoms with E-state index in [0.29, 0.717) is 30.8 Å². The highest BCUT2D eigenvalue weighted by Gasteiger charge is 2.36. The van der Waals surface area contributed by atoms with E-state index in [4.69, 9.17) is 14.3 Å². The number of nitrogens with zero attached hydrogens (tertiary/aromatic N) is 3. The van der Waals surface area contributed by atoms with E-state index < -0.39 is 17.5 Å². The molecule has 0 saturated carbocycles. The van der Waals surface area contributed by atoms with E-state index in [-0.39, 0.29) is 36.7 Å². The number of aromatic nitrogens is 1. The minimum atomic E-state index is -0.653. The zero-order valence-electron chi connectivity index (χ0n) is 29.8. The summed E-state index contributed by atoms with van der Waals surface area (Å²) in [6.07, 6.45) is 5.40. The Morgan fingerprint density at radius 1 is 0.863 bits per heavy atom. The van der Waals surface area contributed by atoms with Crippen LogP contribution in [0, 0.1) is 0 Å². The van der Waals surface area contributed by atoms with Crippen LogP contribution in [0.4, 0.5) is 0 Å². The second kappa shape index (κ2) is 17.3. The molecule has 1 aromatic heterocycles. The molecule has 0 amide bonds. The lowest BCUT2D eigenvalue weighted by Gasteiger charge is -2.39. The maximum absolute atomic E-state index is 13.9. The maximum atomic E-state index is 13.9. The molecule has 1 fully saturated rings. The number of Topliss-reactive ketones (excluding diaryl/α,β-unsaturated/α-hetero) is 2. The maximum Gasteiger partial charge on any atom is 0.335 e. The number of ether oxygens (including phenoxy) is 2. The fourth-order valence-electron chi connectivity index (χ4n) is 6.46. The third kappa shape index (κ3) is 8.87. The van der Waals surface area contributed by atoms with E-state index in [1.54, 1.807) is 6.07 Å². The summed E-state index contributed by atoms with van der Waals surface area (Å²) >= 11 is 0. The Labute approximate surface area is 299 Å². The first kappa shape index (κ1) is 37.3. The van der Waals surface area contributed by atoms with E-state index in [1.165, 1.54) is 0 Å². The van der Waals surface area contributed by atoms with Crippen molar-refractivity contribution < 1.29 is 33.5 Å². The monoisotopic (exact) mass is 693 g/mol. The van der Waals surface area contributed by atoms with Crippen LogP contribution in [0.2, 0.25) is 0 Å². The number of hydrogen-bond acceptors (Lipinski definition) is 9. The molecule has 0 atom stereocenters. The summed E-state index contributed by atoms with van der Waals surface area (Å²) in [7, 11) is 0. The van der Waals surface area contributed by atoms with Gasteiger partial charge in [-0.05, 0) is 81.6 Å². The topological polar surface area (TPSA) is 116 Å². The van der Waals surface area contributed by atoms with Crippen LogP contribution in [0.15, 0.2) is 84.5 Å². The SMILES string of the molecule is C=CC(=O)OCCCC(=O)O/N=C(\CCCCCC)C(=O)c1ccc2c(c1)c1ccccc1n2-c1ccc(C(=O)C(C)(C)N2CCOCC2)cc1. The van der Waals surface area contributed by atoms with E-state index in [1.807, 2.05) is 74.5 Å². The summed E-state index contributed by atoms with van der Waals surface area (Å²) in [6, 6.07) is 21.3. The van der Waals surface area contributed by atoms with Gasteiger partial charge in [0.25, 0.3) is 0 Å². The second-order valence-corrected chi connectivity index (χ2v) is 13.2. The molecule has 4 aromatic rings. The van der Waals surface area contributed by atoms with Crippen molar-refractivity contribution in [3.63, 3.8) is 0 Å². The van der Waals surface area contributed by atoms with Crippen LogP contribution in [0.1, 0.15) is 86.4 Å². The summed E-state index contributed by atoms with van der Waals surface area (Å²) in [5.74, 6) is -1.41. The Kier molecular flexibility index (Phi) is 12.7. The molecular formula is C41H47N3O7. The smallest absolute Gasteiger partial charge is 0.335 e. The lowest BCUT2D eigenvalue weighted by Crippen LogP contribution is -2.54. The van der Waals surface area contributed by atoms with Crippen LogP contribution < -0.4 is 0 Å². The number of benzene rings is 3. The number of unbranched alkanes of at least 4 members (excludes halogenated alkanes) is 3. The largest absolute Gasteiger partial charge is 0.463 e. The molecule has 0 N–H and O–H groups in total. The summed E-state index contributed by atoms with van der Waals surface area (Å²) in [6.45, 7) is 12.1. The standard InChI is InChI=1S/C41H47N3O7/c1-5-7-8-9-14-34(42-51-38(46)16-12-25-50-37(45)6-2)39(47)30-19-22-36-33(28-30)32-13-10-11-15-35(32)44(36)31-20-17-29(18-21-31)40(48)41(3,4)43-23-26-49-27-24-43/h6,10-11,13,15,17-22,28H,2,5,7-9,12,14,16,23-27H2,1,3-4H3/b42-34+. The number of fused-ring (bicyclic) bond motifs is 3. The molecule has 10 heteroatoms. The van der Waals surface area contributed by atoms with Crippen molar-refractivity contribution >= 4 is 51.0 Å². The Morgan fingerprint density at radius 3 is 2.29 bits per heavy atom. The molecule has 0 aliphatic carbocycles. The molecule has 0 unspecified atom stereocenters. The highest BCUT2D eigenvalue weighted by molar-refractivity contribution is 6.46. The quantitative estimate of drug-likeness (QED) is 0.0211. The number of oxime groups is 1. The van der Waals surface area contributed by atoms with Crippen LogP contribution in [0.25, 0.3) is 27.5 Å². The average Bonchev–Trinajstić information content (AvgIpc) is 3.49. The fraction of sp³-hybridized carbons (Fsp3) is 0.390. The first-order valence-corrected chi connectivity index (χ1v) is 17.8. The fourth-order valence-corrected chi connectivity index (χ4v) is 6.46. The van der Waals surface area contributed by atoms with E-state index in [9.17, 15) is 19.2 Å². The van der Waals surface area contributed by atoms with Crippen molar-refractivity contribution in [1.29, 1.82) is 0 Å². The van der Waals surface area contributed by atoms with Gasteiger partial charge in [-0.1, -0.05) is 56.1 Å². The summed E-state index contributed by atoms with van der Waals surface area (Å²) in [5.41, 5.74) is 3.38. The van der Waals surface area contributed by atoms with E-state index in [0.717, 1.165) is 72.3 Å². The molecule has 2 heterocycles. The van der Waals surface area contributed by atoms with Crippen molar-refractivity contribution in [2.24, 2.45) is 5.16 Å². The molecule has 1 saturated heterocycles. The molecule has 0 bridgehead atoms. The third-order valence-electron chi connectivity index (χ3n) is 9.40. The Morgan fingerprint density at radius 2 is 1.57 bits per heavy atom. The molecule has 268 valence electrons. The molecule has 1 aliphatic rings. The van der Waals surface area contributed by atoms with Gasteiger partial charge in [0.05, 0.1) is 42.8 Å². The van der Waals surface area contributed by atoms with Gasteiger partial charge in [0.15, 0.2) is 5.78 Å². The number of morpholine rings is 1. The summed E-state index contributed by atoms with van der Waals surface area (Å²) < 4.78 is 12.5. The van der Waals surface area contributed by atoms with Gasteiger partial charge in [0, 0.05) is 46.8 Å². The number of rotatable bonds is 17.